The number of hydrogen-bond donors (Lipinski definition) is 4. The van der Waals surface area contributed by atoms with Crippen LogP contribution in [0.1, 0.15) is 34.6 Å². The Morgan fingerprint density at radius 1 is 0.829 bits per heavy atom. The molecule has 3 aliphatic rings. The van der Waals surface area contributed by atoms with E-state index in [4.69, 9.17) is 4.74 Å². The number of nitrogens with one attached hydrogen (secondary N) is 4. The maximum absolute atomic E-state index is 12.6. The van der Waals surface area contributed by atoms with Crippen molar-refractivity contribution in [1.82, 2.24) is 20.4 Å². The van der Waals surface area contributed by atoms with Gasteiger partial charge in [0.15, 0.2) is 0 Å². The van der Waals surface area contributed by atoms with Gasteiger partial charge >= 0.3 is 0 Å². The summed E-state index contributed by atoms with van der Waals surface area (Å²) in [5.74, 6) is 2.03. The number of para-hydroxylation sites is 2. The standard InChI is InChI=1S/C15H20N4O2.C15H22N4O/c20-15(19-7-9-21-10-8-19)12-3-1-2-4-13(12)18-11-14-16-5-6-17-14;1-3-19(4-2)15(20)12-7-5-6-8-13(12)18-11-14-16-9-10-17-14/h1-4,18H,5-11H2,(H,16,17);5-8,18H,3-4,9-11H2,1-2H3,(H,16,17). The average molecular weight is 563 g/mol. The van der Waals surface area contributed by atoms with Crippen molar-refractivity contribution < 1.29 is 14.3 Å². The van der Waals surface area contributed by atoms with Crippen LogP contribution in [0.2, 0.25) is 0 Å². The molecule has 0 unspecified atom stereocenters. The van der Waals surface area contributed by atoms with Gasteiger partial charge in [0.2, 0.25) is 0 Å². The lowest BCUT2D eigenvalue weighted by atomic mass is 10.1. The molecule has 220 valence electrons. The van der Waals surface area contributed by atoms with Crippen molar-refractivity contribution in [1.29, 1.82) is 0 Å². The third kappa shape index (κ3) is 8.43. The molecule has 3 aliphatic heterocycles. The number of anilines is 2. The summed E-state index contributed by atoms with van der Waals surface area (Å²) in [5.41, 5.74) is 3.14. The molecule has 0 bridgehead atoms. The number of carbonyl (C=O) groups is 2. The number of amides is 2. The molecule has 1 fully saturated rings. The molecule has 4 N–H and O–H groups in total. The van der Waals surface area contributed by atoms with E-state index in [2.05, 4.69) is 31.3 Å². The highest BCUT2D eigenvalue weighted by molar-refractivity contribution is 6.01. The predicted molar refractivity (Wildman–Crippen MR) is 164 cm³/mol. The highest BCUT2D eigenvalue weighted by Crippen LogP contribution is 2.19. The number of carbonyl (C=O) groups excluding carboxylic acids is 2. The molecule has 11 heteroatoms. The van der Waals surface area contributed by atoms with Gasteiger partial charge in [-0.1, -0.05) is 24.3 Å². The fourth-order valence-corrected chi connectivity index (χ4v) is 4.75. The lowest BCUT2D eigenvalue weighted by Gasteiger charge is -2.27. The first-order chi connectivity index (χ1) is 20.1. The zero-order valence-corrected chi connectivity index (χ0v) is 24.1. The van der Waals surface area contributed by atoms with Crippen LogP contribution in [-0.4, -0.2) is 112 Å². The first-order valence-corrected chi connectivity index (χ1v) is 14.5. The number of benzene rings is 2. The average Bonchev–Trinajstić information content (AvgIpc) is 3.75. The molecule has 0 aliphatic carbocycles. The summed E-state index contributed by atoms with van der Waals surface area (Å²) in [6.45, 7) is 12.7. The van der Waals surface area contributed by atoms with Crippen molar-refractivity contribution in [3.8, 4) is 0 Å². The molecule has 3 heterocycles. The van der Waals surface area contributed by atoms with Crippen LogP contribution in [0.4, 0.5) is 11.4 Å². The van der Waals surface area contributed by atoms with Gasteiger partial charge in [0.1, 0.15) is 11.7 Å². The zero-order chi connectivity index (χ0) is 28.9. The number of amidine groups is 2. The highest BCUT2D eigenvalue weighted by Gasteiger charge is 2.21. The summed E-state index contributed by atoms with van der Waals surface area (Å²) < 4.78 is 5.30. The molecule has 2 amide bonds. The molecule has 0 atom stereocenters. The van der Waals surface area contributed by atoms with Gasteiger partial charge in [-0.3, -0.25) is 19.6 Å². The van der Waals surface area contributed by atoms with Gasteiger partial charge in [0.05, 0.1) is 50.5 Å². The SMILES string of the molecule is CCN(CC)C(=O)c1ccccc1NCC1=NCCN1.O=C(c1ccccc1NCC1=NCCN1)N1CCOCC1. The maximum Gasteiger partial charge on any atom is 0.256 e. The fraction of sp³-hybridized carbons (Fsp3) is 0.467. The molecule has 11 nitrogen and oxygen atoms in total. The van der Waals surface area contributed by atoms with E-state index in [1.165, 1.54) is 0 Å². The Balaban J connectivity index is 0.000000189. The summed E-state index contributed by atoms with van der Waals surface area (Å²) >= 11 is 0. The van der Waals surface area contributed by atoms with Gasteiger partial charge in [-0.05, 0) is 38.1 Å². The number of aliphatic imine (C=N–C) groups is 2. The second-order valence-corrected chi connectivity index (χ2v) is 9.69. The van der Waals surface area contributed by atoms with Crippen molar-refractivity contribution in [2.24, 2.45) is 9.98 Å². The van der Waals surface area contributed by atoms with Crippen molar-refractivity contribution in [3.63, 3.8) is 0 Å². The minimum absolute atomic E-state index is 0.0581. The summed E-state index contributed by atoms with van der Waals surface area (Å²) in [7, 11) is 0. The third-order valence-electron chi connectivity index (χ3n) is 7.04. The number of ether oxygens (including phenoxy) is 1. The second kappa shape index (κ2) is 15.6. The molecular formula is C30H42N8O3. The Kier molecular flexibility index (Phi) is 11.4. The second-order valence-electron chi connectivity index (χ2n) is 9.69. The van der Waals surface area contributed by atoms with Crippen molar-refractivity contribution in [2.75, 3.05) is 89.3 Å². The van der Waals surface area contributed by atoms with E-state index in [9.17, 15) is 9.59 Å². The van der Waals surface area contributed by atoms with Crippen LogP contribution >= 0.6 is 0 Å². The van der Waals surface area contributed by atoms with E-state index in [0.717, 1.165) is 67.9 Å². The minimum Gasteiger partial charge on any atom is -0.378 e. The molecule has 5 rings (SSSR count). The molecule has 1 saturated heterocycles. The van der Waals surface area contributed by atoms with Gasteiger partial charge in [-0.25, -0.2) is 0 Å². The molecule has 41 heavy (non-hydrogen) atoms. The predicted octanol–water partition coefficient (Wildman–Crippen LogP) is 2.15. The van der Waals surface area contributed by atoms with Crippen LogP contribution in [-0.2, 0) is 4.74 Å². The van der Waals surface area contributed by atoms with E-state index in [-0.39, 0.29) is 11.8 Å². The van der Waals surface area contributed by atoms with Crippen LogP contribution in [0.25, 0.3) is 0 Å². The van der Waals surface area contributed by atoms with Crippen LogP contribution in [0.3, 0.4) is 0 Å². The molecule has 0 saturated carbocycles. The molecular weight excluding hydrogens is 520 g/mol. The topological polar surface area (TPSA) is 123 Å². The normalized spacial score (nSPS) is 15.9. The van der Waals surface area contributed by atoms with E-state index in [1.807, 2.05) is 72.2 Å². The molecule has 2 aromatic rings. The van der Waals surface area contributed by atoms with E-state index in [0.29, 0.717) is 45.0 Å². The summed E-state index contributed by atoms with van der Waals surface area (Å²) in [6, 6.07) is 15.3. The maximum atomic E-state index is 12.6. The Morgan fingerprint density at radius 3 is 1.85 bits per heavy atom. The van der Waals surface area contributed by atoms with E-state index < -0.39 is 0 Å². The van der Waals surface area contributed by atoms with Crippen LogP contribution in [0, 0.1) is 0 Å². The third-order valence-corrected chi connectivity index (χ3v) is 7.04. The summed E-state index contributed by atoms with van der Waals surface area (Å²) in [5, 5.41) is 13.0. The lowest BCUT2D eigenvalue weighted by Crippen LogP contribution is -2.41. The van der Waals surface area contributed by atoms with Gasteiger partial charge in [0.25, 0.3) is 11.8 Å². The fourth-order valence-electron chi connectivity index (χ4n) is 4.75. The van der Waals surface area contributed by atoms with Crippen molar-refractivity contribution in [3.05, 3.63) is 59.7 Å². The molecule has 2 aromatic carbocycles. The van der Waals surface area contributed by atoms with Gasteiger partial charge in [-0.2, -0.15) is 0 Å². The number of rotatable bonds is 10. The smallest absolute Gasteiger partial charge is 0.256 e. The Morgan fingerprint density at radius 2 is 1.34 bits per heavy atom. The Hall–Kier alpha value is -4.12. The minimum atomic E-state index is 0.0581. The summed E-state index contributed by atoms with van der Waals surface area (Å²) in [6.07, 6.45) is 0. The number of hydrogen-bond acceptors (Lipinski definition) is 9. The van der Waals surface area contributed by atoms with Crippen LogP contribution in [0.5, 0.6) is 0 Å². The first-order valence-electron chi connectivity index (χ1n) is 14.5. The highest BCUT2D eigenvalue weighted by atomic mass is 16.5. The molecule has 0 aromatic heterocycles. The summed E-state index contributed by atoms with van der Waals surface area (Å²) in [4.78, 5) is 37.4. The molecule has 0 spiro atoms. The van der Waals surface area contributed by atoms with Gasteiger partial charge in [-0.15, -0.1) is 0 Å². The first kappa shape index (κ1) is 29.9. The van der Waals surface area contributed by atoms with Crippen LogP contribution < -0.4 is 21.3 Å². The van der Waals surface area contributed by atoms with Crippen molar-refractivity contribution in [2.45, 2.75) is 13.8 Å². The van der Waals surface area contributed by atoms with E-state index >= 15 is 0 Å². The van der Waals surface area contributed by atoms with E-state index in [1.54, 1.807) is 0 Å². The molecule has 0 radical (unpaired) electrons. The Bertz CT molecular complexity index is 1220. The van der Waals surface area contributed by atoms with Gasteiger partial charge < -0.3 is 35.8 Å². The van der Waals surface area contributed by atoms with Gasteiger partial charge in [0, 0.05) is 50.6 Å². The Labute approximate surface area is 242 Å². The number of morpholine rings is 1. The number of nitrogens with zero attached hydrogens (tertiary/aromatic N) is 4. The monoisotopic (exact) mass is 562 g/mol. The zero-order valence-electron chi connectivity index (χ0n) is 24.1. The quantitative estimate of drug-likeness (QED) is 0.350. The van der Waals surface area contributed by atoms with Crippen LogP contribution in [0.15, 0.2) is 58.5 Å². The largest absolute Gasteiger partial charge is 0.378 e. The van der Waals surface area contributed by atoms with Crippen molar-refractivity contribution >= 4 is 34.9 Å². The lowest BCUT2D eigenvalue weighted by molar-refractivity contribution is 0.0303.